The van der Waals surface area contributed by atoms with Crippen molar-refractivity contribution in [2.45, 2.75) is 25.8 Å². The van der Waals surface area contributed by atoms with E-state index in [1.54, 1.807) is 0 Å². The van der Waals surface area contributed by atoms with Crippen LogP contribution in [0.1, 0.15) is 24.4 Å². The average molecular weight is 248 g/mol. The maximum atomic E-state index is 6.06. The molecule has 0 spiro atoms. The van der Waals surface area contributed by atoms with Gasteiger partial charge in [-0.1, -0.05) is 0 Å². The number of fused-ring (bicyclic) bond motifs is 1. The first-order chi connectivity index (χ1) is 8.27. The molecule has 17 heavy (non-hydrogen) atoms. The lowest BCUT2D eigenvalue weighted by atomic mass is 10.1. The summed E-state index contributed by atoms with van der Waals surface area (Å²) in [5, 5.41) is 0. The van der Waals surface area contributed by atoms with Crippen LogP contribution in [0.3, 0.4) is 0 Å². The Morgan fingerprint density at radius 2 is 2.18 bits per heavy atom. The summed E-state index contributed by atoms with van der Waals surface area (Å²) in [7, 11) is 0. The molecule has 4 nitrogen and oxygen atoms in total. The minimum Gasteiger partial charge on any atom is -0.369 e. The molecule has 3 heterocycles. The molecule has 0 unspecified atom stereocenters. The van der Waals surface area contributed by atoms with E-state index in [0.717, 1.165) is 29.6 Å². The molecule has 0 amide bonds. The molecule has 5 heteroatoms. The first-order valence-electron chi connectivity index (χ1n) is 5.94. The molecule has 2 aromatic rings. The normalized spacial score (nSPS) is 17.7. The quantitative estimate of drug-likeness (QED) is 0.842. The fourth-order valence-corrected chi connectivity index (χ4v) is 3.51. The Labute approximate surface area is 105 Å². The molecule has 1 saturated heterocycles. The van der Waals surface area contributed by atoms with Crippen molar-refractivity contribution >= 4 is 28.9 Å². The Hall–Kier alpha value is -1.23. The second-order valence-electron chi connectivity index (χ2n) is 4.48. The van der Waals surface area contributed by atoms with Gasteiger partial charge in [0.1, 0.15) is 5.52 Å². The number of hydrogen-bond donors (Lipinski definition) is 1. The van der Waals surface area contributed by atoms with Crippen LogP contribution >= 0.6 is 11.8 Å². The Bertz CT molecular complexity index is 543. The second-order valence-corrected chi connectivity index (χ2v) is 5.71. The summed E-state index contributed by atoms with van der Waals surface area (Å²) >= 11 is 2.02. The predicted molar refractivity (Wildman–Crippen MR) is 72.3 cm³/mol. The van der Waals surface area contributed by atoms with Gasteiger partial charge < -0.3 is 5.73 Å². The molecule has 0 radical (unpaired) electrons. The average Bonchev–Trinajstić information content (AvgIpc) is 2.68. The van der Waals surface area contributed by atoms with E-state index in [1.807, 2.05) is 24.0 Å². The van der Waals surface area contributed by atoms with Gasteiger partial charge in [-0.3, -0.25) is 4.57 Å². The third kappa shape index (κ3) is 1.78. The molecule has 1 aliphatic heterocycles. The summed E-state index contributed by atoms with van der Waals surface area (Å²) in [4.78, 5) is 8.91. The van der Waals surface area contributed by atoms with Crippen molar-refractivity contribution in [1.82, 2.24) is 14.5 Å². The van der Waals surface area contributed by atoms with Crippen LogP contribution in [-0.2, 0) is 0 Å². The number of thioether (sulfide) groups is 1. The van der Waals surface area contributed by atoms with Crippen molar-refractivity contribution < 1.29 is 0 Å². The van der Waals surface area contributed by atoms with E-state index in [0.29, 0.717) is 12.0 Å². The highest BCUT2D eigenvalue weighted by Gasteiger charge is 2.21. The fourth-order valence-electron chi connectivity index (χ4n) is 2.43. The maximum absolute atomic E-state index is 6.06. The van der Waals surface area contributed by atoms with Gasteiger partial charge in [-0.25, -0.2) is 9.97 Å². The summed E-state index contributed by atoms with van der Waals surface area (Å²) in [5.74, 6) is 3.02. The molecule has 0 aliphatic carbocycles. The third-order valence-corrected chi connectivity index (χ3v) is 4.41. The molecular formula is C12H16N4S. The highest BCUT2D eigenvalue weighted by molar-refractivity contribution is 7.99. The number of rotatable bonds is 1. The molecule has 0 aromatic carbocycles. The zero-order valence-electron chi connectivity index (χ0n) is 9.89. The summed E-state index contributed by atoms with van der Waals surface area (Å²) in [6.07, 6.45) is 4.17. The highest BCUT2D eigenvalue weighted by atomic mass is 32.2. The smallest absolute Gasteiger partial charge is 0.202 e. The van der Waals surface area contributed by atoms with Gasteiger partial charge in [0, 0.05) is 12.2 Å². The van der Waals surface area contributed by atoms with Crippen LogP contribution in [0.4, 0.5) is 5.95 Å². The van der Waals surface area contributed by atoms with E-state index in [-0.39, 0.29) is 0 Å². The van der Waals surface area contributed by atoms with Gasteiger partial charge in [-0.2, -0.15) is 11.8 Å². The number of aromatic nitrogens is 3. The molecule has 2 N–H and O–H groups in total. The molecule has 0 atom stereocenters. The zero-order valence-corrected chi connectivity index (χ0v) is 10.7. The van der Waals surface area contributed by atoms with Gasteiger partial charge in [0.25, 0.3) is 0 Å². The van der Waals surface area contributed by atoms with Crippen LogP contribution in [0.5, 0.6) is 0 Å². The van der Waals surface area contributed by atoms with Crippen molar-refractivity contribution in [3.8, 4) is 0 Å². The fraction of sp³-hybridized carbons (Fsp3) is 0.500. The minimum absolute atomic E-state index is 0.468. The van der Waals surface area contributed by atoms with E-state index < -0.39 is 0 Å². The Morgan fingerprint density at radius 3 is 2.94 bits per heavy atom. The Morgan fingerprint density at radius 1 is 1.41 bits per heavy atom. The van der Waals surface area contributed by atoms with Gasteiger partial charge in [0.05, 0.1) is 0 Å². The summed E-state index contributed by atoms with van der Waals surface area (Å²) < 4.78 is 2.13. The number of pyridine rings is 1. The van der Waals surface area contributed by atoms with Crippen molar-refractivity contribution in [3.63, 3.8) is 0 Å². The number of anilines is 1. The van der Waals surface area contributed by atoms with E-state index >= 15 is 0 Å². The lowest BCUT2D eigenvalue weighted by Gasteiger charge is -2.23. The lowest BCUT2D eigenvalue weighted by Crippen LogP contribution is -2.17. The van der Waals surface area contributed by atoms with Crippen LogP contribution in [0.15, 0.2) is 12.3 Å². The lowest BCUT2D eigenvalue weighted by molar-refractivity contribution is 0.484. The second kappa shape index (κ2) is 4.22. The van der Waals surface area contributed by atoms with E-state index in [2.05, 4.69) is 21.5 Å². The van der Waals surface area contributed by atoms with Crippen LogP contribution in [-0.4, -0.2) is 26.0 Å². The van der Waals surface area contributed by atoms with E-state index in [4.69, 9.17) is 5.73 Å². The van der Waals surface area contributed by atoms with E-state index in [9.17, 15) is 0 Å². The standard InChI is InChI=1S/C12H16N4S/c1-8-2-5-14-11-10(8)15-12(13)16(11)9-3-6-17-7-4-9/h2,5,9H,3-4,6-7H2,1H3,(H2,13,15). The number of nitrogens with two attached hydrogens (primary N) is 1. The van der Waals surface area contributed by atoms with Crippen LogP contribution < -0.4 is 5.73 Å². The van der Waals surface area contributed by atoms with Crippen LogP contribution in [0.25, 0.3) is 11.2 Å². The molecule has 2 aromatic heterocycles. The molecule has 1 fully saturated rings. The molecular weight excluding hydrogens is 232 g/mol. The summed E-state index contributed by atoms with van der Waals surface area (Å²) in [6, 6.07) is 2.45. The Balaban J connectivity index is 2.14. The van der Waals surface area contributed by atoms with Gasteiger partial charge in [0.2, 0.25) is 5.95 Å². The van der Waals surface area contributed by atoms with Gasteiger partial charge in [0.15, 0.2) is 5.65 Å². The van der Waals surface area contributed by atoms with E-state index in [1.165, 1.54) is 11.5 Å². The van der Waals surface area contributed by atoms with Gasteiger partial charge in [-0.05, 0) is 42.9 Å². The predicted octanol–water partition coefficient (Wildman–Crippen LogP) is 2.39. The Kier molecular flexibility index (Phi) is 2.70. The SMILES string of the molecule is Cc1ccnc2c1nc(N)n2C1CCSCC1. The number of nitrogens with zero attached hydrogens (tertiary/aromatic N) is 3. The number of nitrogen functional groups attached to an aromatic ring is 1. The minimum atomic E-state index is 0.468. The topological polar surface area (TPSA) is 56.7 Å². The molecule has 3 rings (SSSR count). The highest BCUT2D eigenvalue weighted by Crippen LogP contribution is 2.32. The maximum Gasteiger partial charge on any atom is 0.202 e. The summed E-state index contributed by atoms with van der Waals surface area (Å²) in [6.45, 7) is 2.05. The van der Waals surface area contributed by atoms with Crippen molar-refractivity contribution in [2.75, 3.05) is 17.2 Å². The monoisotopic (exact) mass is 248 g/mol. The third-order valence-electron chi connectivity index (χ3n) is 3.36. The number of imidazole rings is 1. The van der Waals surface area contributed by atoms with Crippen molar-refractivity contribution in [3.05, 3.63) is 17.8 Å². The number of hydrogen-bond acceptors (Lipinski definition) is 4. The molecule has 1 aliphatic rings. The van der Waals surface area contributed by atoms with Crippen LogP contribution in [0.2, 0.25) is 0 Å². The first-order valence-corrected chi connectivity index (χ1v) is 7.09. The van der Waals surface area contributed by atoms with Gasteiger partial charge >= 0.3 is 0 Å². The zero-order chi connectivity index (χ0) is 11.8. The molecule has 0 bridgehead atoms. The molecule has 90 valence electrons. The largest absolute Gasteiger partial charge is 0.369 e. The van der Waals surface area contributed by atoms with Crippen molar-refractivity contribution in [2.24, 2.45) is 0 Å². The summed E-state index contributed by atoms with van der Waals surface area (Å²) in [5.41, 5.74) is 9.09. The van der Waals surface area contributed by atoms with Gasteiger partial charge in [-0.15, -0.1) is 0 Å². The van der Waals surface area contributed by atoms with Crippen LogP contribution in [0, 0.1) is 6.92 Å². The molecule has 0 saturated carbocycles. The number of aryl methyl sites for hydroxylation is 1. The first kappa shape index (κ1) is 10.9. The van der Waals surface area contributed by atoms with Crippen molar-refractivity contribution in [1.29, 1.82) is 0 Å².